The fourth-order valence-corrected chi connectivity index (χ4v) is 2.28. The van der Waals surface area contributed by atoms with Crippen molar-refractivity contribution < 1.29 is 9.90 Å². The number of aliphatic hydroxyl groups excluding tert-OH is 1. The lowest BCUT2D eigenvalue weighted by atomic mass is 9.98. The van der Waals surface area contributed by atoms with E-state index in [0.29, 0.717) is 0 Å². The molecule has 1 atom stereocenters. The van der Waals surface area contributed by atoms with Crippen molar-refractivity contribution in [1.29, 1.82) is 0 Å². The van der Waals surface area contributed by atoms with E-state index in [4.69, 9.17) is 5.73 Å². The van der Waals surface area contributed by atoms with E-state index in [0.717, 1.165) is 44.9 Å². The molecule has 4 heteroatoms. The summed E-state index contributed by atoms with van der Waals surface area (Å²) in [6.45, 7) is 2.11. The zero-order chi connectivity index (χ0) is 12.0. The van der Waals surface area contributed by atoms with Gasteiger partial charge in [0.25, 0.3) is 0 Å². The number of aliphatic hydroxyl groups is 1. The summed E-state index contributed by atoms with van der Waals surface area (Å²) < 4.78 is 0. The number of rotatable bonds is 6. The molecule has 94 valence electrons. The number of unbranched alkanes of at least 4 members (excludes halogenated alkanes) is 1. The molecule has 1 rings (SSSR count). The molecule has 0 aromatic rings. The van der Waals surface area contributed by atoms with Gasteiger partial charge in [0.1, 0.15) is 0 Å². The van der Waals surface area contributed by atoms with Gasteiger partial charge >= 0.3 is 0 Å². The van der Waals surface area contributed by atoms with Crippen LogP contribution < -0.4 is 11.1 Å². The van der Waals surface area contributed by atoms with Gasteiger partial charge in [-0.1, -0.05) is 32.6 Å². The molecule has 0 aromatic heterocycles. The first-order chi connectivity index (χ1) is 7.63. The Hall–Kier alpha value is -0.610. The van der Waals surface area contributed by atoms with Crippen molar-refractivity contribution in [3.8, 4) is 0 Å². The van der Waals surface area contributed by atoms with Crippen LogP contribution >= 0.6 is 0 Å². The lowest BCUT2D eigenvalue weighted by Crippen LogP contribution is -2.54. The highest BCUT2D eigenvalue weighted by Gasteiger charge is 2.35. The van der Waals surface area contributed by atoms with Crippen LogP contribution in [0.1, 0.15) is 51.9 Å². The summed E-state index contributed by atoms with van der Waals surface area (Å²) in [5.74, 6) is -0.107. The van der Waals surface area contributed by atoms with Crippen molar-refractivity contribution in [2.24, 2.45) is 5.73 Å². The van der Waals surface area contributed by atoms with Gasteiger partial charge in [-0.2, -0.15) is 0 Å². The summed E-state index contributed by atoms with van der Waals surface area (Å²) in [6.07, 6.45) is 6.64. The molecule has 1 unspecified atom stereocenters. The van der Waals surface area contributed by atoms with Crippen molar-refractivity contribution >= 4 is 5.91 Å². The highest BCUT2D eigenvalue weighted by molar-refractivity contribution is 5.82. The molecule has 1 amide bonds. The van der Waals surface area contributed by atoms with E-state index < -0.39 is 6.04 Å². The second-order valence-corrected chi connectivity index (χ2v) is 4.88. The van der Waals surface area contributed by atoms with Crippen molar-refractivity contribution in [2.75, 3.05) is 6.61 Å². The van der Waals surface area contributed by atoms with Gasteiger partial charge in [0.15, 0.2) is 0 Å². The maximum Gasteiger partial charge on any atom is 0.237 e. The first-order valence-corrected chi connectivity index (χ1v) is 6.32. The summed E-state index contributed by atoms with van der Waals surface area (Å²) in [5.41, 5.74) is 5.41. The zero-order valence-corrected chi connectivity index (χ0v) is 10.2. The van der Waals surface area contributed by atoms with Crippen LogP contribution in [-0.2, 0) is 4.79 Å². The Bertz CT molecular complexity index is 225. The van der Waals surface area contributed by atoms with Crippen LogP contribution in [0.15, 0.2) is 0 Å². The maximum atomic E-state index is 11.8. The van der Waals surface area contributed by atoms with Crippen LogP contribution in [0.2, 0.25) is 0 Å². The molecule has 1 saturated carbocycles. The van der Waals surface area contributed by atoms with Gasteiger partial charge in [0.2, 0.25) is 5.91 Å². The van der Waals surface area contributed by atoms with Gasteiger partial charge < -0.3 is 16.2 Å². The molecule has 0 aromatic carbocycles. The number of nitrogens with one attached hydrogen (secondary N) is 1. The van der Waals surface area contributed by atoms with Gasteiger partial charge in [-0.3, -0.25) is 4.79 Å². The molecule has 0 aliphatic heterocycles. The molecular weight excluding hydrogens is 204 g/mol. The Morgan fingerprint density at radius 2 is 2.12 bits per heavy atom. The average molecular weight is 228 g/mol. The van der Waals surface area contributed by atoms with E-state index in [1.807, 2.05) is 0 Å². The SMILES string of the molecule is CCCCC(N)C(=O)NC1(CO)CCCC1. The molecule has 16 heavy (non-hydrogen) atoms. The monoisotopic (exact) mass is 228 g/mol. The fraction of sp³-hybridized carbons (Fsp3) is 0.917. The maximum absolute atomic E-state index is 11.8. The first-order valence-electron chi connectivity index (χ1n) is 6.32. The smallest absolute Gasteiger partial charge is 0.237 e. The normalized spacial score (nSPS) is 20.7. The standard InChI is InChI=1S/C12H24N2O2/c1-2-3-6-10(13)11(16)14-12(9-15)7-4-5-8-12/h10,15H,2-9,13H2,1H3,(H,14,16). The zero-order valence-electron chi connectivity index (χ0n) is 10.2. The second-order valence-electron chi connectivity index (χ2n) is 4.88. The summed E-state index contributed by atoms with van der Waals surface area (Å²) in [6, 6.07) is -0.427. The molecule has 0 radical (unpaired) electrons. The Kier molecular flexibility index (Phi) is 5.22. The van der Waals surface area contributed by atoms with Crippen molar-refractivity contribution in [3.63, 3.8) is 0 Å². The van der Waals surface area contributed by atoms with E-state index in [2.05, 4.69) is 12.2 Å². The molecule has 0 bridgehead atoms. The van der Waals surface area contributed by atoms with Crippen LogP contribution in [0.3, 0.4) is 0 Å². The van der Waals surface area contributed by atoms with E-state index in [9.17, 15) is 9.90 Å². The van der Waals surface area contributed by atoms with E-state index in [1.165, 1.54) is 0 Å². The Labute approximate surface area is 97.6 Å². The minimum absolute atomic E-state index is 0.0270. The molecular formula is C12H24N2O2. The lowest BCUT2D eigenvalue weighted by Gasteiger charge is -2.29. The number of amides is 1. The predicted octanol–water partition coefficient (Wildman–Crippen LogP) is 0.925. The van der Waals surface area contributed by atoms with Crippen molar-refractivity contribution in [1.82, 2.24) is 5.32 Å². The Morgan fingerprint density at radius 1 is 1.50 bits per heavy atom. The first kappa shape index (κ1) is 13.5. The average Bonchev–Trinajstić information content (AvgIpc) is 2.75. The van der Waals surface area contributed by atoms with E-state index >= 15 is 0 Å². The fourth-order valence-electron chi connectivity index (χ4n) is 2.28. The van der Waals surface area contributed by atoms with Gasteiger partial charge in [-0.05, 0) is 19.3 Å². The third-order valence-corrected chi connectivity index (χ3v) is 3.46. The quantitative estimate of drug-likeness (QED) is 0.633. The van der Waals surface area contributed by atoms with Crippen LogP contribution in [-0.4, -0.2) is 29.2 Å². The predicted molar refractivity (Wildman–Crippen MR) is 63.9 cm³/mol. The van der Waals surface area contributed by atoms with Crippen LogP contribution in [0.5, 0.6) is 0 Å². The van der Waals surface area contributed by atoms with E-state index in [-0.39, 0.29) is 18.1 Å². The molecule has 0 spiro atoms. The van der Waals surface area contributed by atoms with Crippen LogP contribution in [0.4, 0.5) is 0 Å². The third-order valence-electron chi connectivity index (χ3n) is 3.46. The minimum atomic E-state index is -0.427. The van der Waals surface area contributed by atoms with Gasteiger partial charge in [-0.15, -0.1) is 0 Å². The van der Waals surface area contributed by atoms with Crippen LogP contribution in [0, 0.1) is 0 Å². The molecule has 0 saturated heterocycles. The number of carbonyl (C=O) groups excluding carboxylic acids is 1. The van der Waals surface area contributed by atoms with Crippen molar-refractivity contribution in [2.45, 2.75) is 63.5 Å². The Balaban J connectivity index is 2.42. The number of carbonyl (C=O) groups is 1. The Morgan fingerprint density at radius 3 is 2.62 bits per heavy atom. The molecule has 4 N–H and O–H groups in total. The van der Waals surface area contributed by atoms with Crippen molar-refractivity contribution in [3.05, 3.63) is 0 Å². The van der Waals surface area contributed by atoms with Crippen LogP contribution in [0.25, 0.3) is 0 Å². The van der Waals surface area contributed by atoms with Gasteiger partial charge in [-0.25, -0.2) is 0 Å². The molecule has 1 aliphatic rings. The van der Waals surface area contributed by atoms with Gasteiger partial charge in [0.05, 0.1) is 18.2 Å². The number of hydrogen-bond donors (Lipinski definition) is 3. The van der Waals surface area contributed by atoms with Gasteiger partial charge in [0, 0.05) is 0 Å². The summed E-state index contributed by atoms with van der Waals surface area (Å²) in [7, 11) is 0. The molecule has 0 heterocycles. The topological polar surface area (TPSA) is 75.4 Å². The molecule has 1 aliphatic carbocycles. The molecule has 1 fully saturated rings. The number of hydrogen-bond acceptors (Lipinski definition) is 3. The second kappa shape index (κ2) is 6.21. The highest BCUT2D eigenvalue weighted by atomic mass is 16.3. The third kappa shape index (κ3) is 3.46. The minimum Gasteiger partial charge on any atom is -0.394 e. The lowest BCUT2D eigenvalue weighted by molar-refractivity contribution is -0.125. The summed E-state index contributed by atoms with van der Waals surface area (Å²) >= 11 is 0. The largest absolute Gasteiger partial charge is 0.394 e. The van der Waals surface area contributed by atoms with E-state index in [1.54, 1.807) is 0 Å². The molecule has 4 nitrogen and oxygen atoms in total. The highest BCUT2D eigenvalue weighted by Crippen LogP contribution is 2.29. The summed E-state index contributed by atoms with van der Waals surface area (Å²) in [4.78, 5) is 11.8. The summed E-state index contributed by atoms with van der Waals surface area (Å²) in [5, 5.41) is 12.3. The number of nitrogens with two attached hydrogens (primary N) is 1.